The number of carbonyl (C=O) groups is 1. The Hall–Kier alpha value is -2.97. The maximum Gasteiger partial charge on any atom is 0.277 e. The molecule has 3 heterocycles. The standard InChI is InChI=1S/C21H25N5O3/c1-24-8-7-22-18(24)15-26(10-9-25-11-13-28-14-12-25)21(27)19-20(29-16-23-19)17-5-3-2-4-6-17/h2-8,16H,9-15H2,1H3/p+1. The van der Waals surface area contributed by atoms with E-state index >= 15 is 0 Å². The fourth-order valence-corrected chi connectivity index (χ4v) is 3.52. The summed E-state index contributed by atoms with van der Waals surface area (Å²) in [4.78, 5) is 25.3. The van der Waals surface area contributed by atoms with Crippen LogP contribution in [0.25, 0.3) is 11.3 Å². The van der Waals surface area contributed by atoms with Gasteiger partial charge in [0.1, 0.15) is 18.9 Å². The SMILES string of the molecule is Cn1ccnc1CN(CC[NH+]1CCOCC1)C(=O)c1ncoc1-c1ccccc1. The number of ether oxygens (including phenoxy) is 1. The zero-order valence-electron chi connectivity index (χ0n) is 16.6. The van der Waals surface area contributed by atoms with Crippen molar-refractivity contribution in [3.05, 3.63) is 60.6 Å². The summed E-state index contributed by atoms with van der Waals surface area (Å²) >= 11 is 0. The van der Waals surface area contributed by atoms with E-state index in [-0.39, 0.29) is 5.91 Å². The molecule has 8 heteroatoms. The van der Waals surface area contributed by atoms with Crippen LogP contribution in [-0.2, 0) is 18.3 Å². The van der Waals surface area contributed by atoms with Gasteiger partial charge in [-0.15, -0.1) is 0 Å². The monoisotopic (exact) mass is 396 g/mol. The molecule has 1 fully saturated rings. The number of imidazole rings is 1. The van der Waals surface area contributed by atoms with Crippen molar-refractivity contribution in [1.82, 2.24) is 19.4 Å². The lowest BCUT2D eigenvalue weighted by atomic mass is 10.1. The highest BCUT2D eigenvalue weighted by Crippen LogP contribution is 2.24. The molecule has 1 aromatic carbocycles. The Kier molecular flexibility index (Phi) is 6.02. The third kappa shape index (κ3) is 4.55. The van der Waals surface area contributed by atoms with Crippen molar-refractivity contribution in [1.29, 1.82) is 0 Å². The first-order chi connectivity index (χ1) is 14.2. The molecule has 0 atom stereocenters. The number of aryl methyl sites for hydroxylation is 1. The molecule has 1 aliphatic rings. The molecule has 0 aliphatic carbocycles. The molecular weight excluding hydrogens is 370 g/mol. The van der Waals surface area contributed by atoms with Gasteiger partial charge in [0, 0.05) is 25.0 Å². The fourth-order valence-electron chi connectivity index (χ4n) is 3.52. The second-order valence-corrected chi connectivity index (χ2v) is 7.19. The molecule has 0 spiro atoms. The summed E-state index contributed by atoms with van der Waals surface area (Å²) in [5.74, 6) is 1.19. The van der Waals surface area contributed by atoms with Gasteiger partial charge < -0.3 is 23.5 Å². The Bertz CT molecular complexity index is 931. The minimum Gasteiger partial charge on any atom is -0.443 e. The van der Waals surface area contributed by atoms with E-state index in [1.165, 1.54) is 11.3 Å². The summed E-state index contributed by atoms with van der Waals surface area (Å²) in [5.41, 5.74) is 1.17. The molecule has 1 saturated heterocycles. The Labute approximate surface area is 169 Å². The molecule has 2 aromatic heterocycles. The van der Waals surface area contributed by atoms with Crippen molar-refractivity contribution in [3.63, 3.8) is 0 Å². The molecule has 3 aromatic rings. The maximum absolute atomic E-state index is 13.4. The van der Waals surface area contributed by atoms with Gasteiger partial charge in [0.05, 0.1) is 32.8 Å². The lowest BCUT2D eigenvalue weighted by Crippen LogP contribution is -3.14. The van der Waals surface area contributed by atoms with E-state index in [1.807, 2.05) is 53.0 Å². The highest BCUT2D eigenvalue weighted by Gasteiger charge is 2.26. The van der Waals surface area contributed by atoms with E-state index < -0.39 is 0 Å². The van der Waals surface area contributed by atoms with Gasteiger partial charge in [0.2, 0.25) is 0 Å². The molecule has 8 nitrogen and oxygen atoms in total. The van der Waals surface area contributed by atoms with Crippen LogP contribution in [0.15, 0.2) is 53.5 Å². The van der Waals surface area contributed by atoms with Gasteiger partial charge in [-0.3, -0.25) is 4.79 Å². The number of morpholine rings is 1. The Balaban J connectivity index is 1.56. The second kappa shape index (κ2) is 9.02. The average Bonchev–Trinajstić information content (AvgIpc) is 3.41. The minimum absolute atomic E-state index is 0.145. The van der Waals surface area contributed by atoms with Crippen LogP contribution in [0.4, 0.5) is 0 Å². The van der Waals surface area contributed by atoms with Crippen LogP contribution in [0.2, 0.25) is 0 Å². The highest BCUT2D eigenvalue weighted by molar-refractivity contribution is 5.97. The van der Waals surface area contributed by atoms with E-state index in [0.717, 1.165) is 44.2 Å². The predicted molar refractivity (Wildman–Crippen MR) is 106 cm³/mol. The van der Waals surface area contributed by atoms with Crippen LogP contribution < -0.4 is 4.90 Å². The van der Waals surface area contributed by atoms with Crippen LogP contribution in [0.5, 0.6) is 0 Å². The van der Waals surface area contributed by atoms with Crippen molar-refractivity contribution >= 4 is 5.91 Å². The zero-order chi connectivity index (χ0) is 20.1. The normalized spacial score (nSPS) is 14.8. The lowest BCUT2D eigenvalue weighted by Gasteiger charge is -2.27. The molecule has 0 saturated carbocycles. The summed E-state index contributed by atoms with van der Waals surface area (Å²) in [7, 11) is 1.93. The van der Waals surface area contributed by atoms with Gasteiger partial charge in [-0.2, -0.15) is 0 Å². The van der Waals surface area contributed by atoms with Gasteiger partial charge in [0.25, 0.3) is 5.91 Å². The topological polar surface area (TPSA) is 77.8 Å². The Morgan fingerprint density at radius 3 is 2.72 bits per heavy atom. The van der Waals surface area contributed by atoms with Gasteiger partial charge in [0.15, 0.2) is 17.8 Å². The maximum atomic E-state index is 13.4. The van der Waals surface area contributed by atoms with Crippen molar-refractivity contribution < 1.29 is 18.8 Å². The number of rotatable bonds is 7. The number of hydrogen-bond acceptors (Lipinski definition) is 5. The van der Waals surface area contributed by atoms with Gasteiger partial charge in [-0.1, -0.05) is 30.3 Å². The molecular formula is C21H26N5O3+. The smallest absolute Gasteiger partial charge is 0.277 e. The number of carbonyl (C=O) groups excluding carboxylic acids is 1. The number of nitrogens with one attached hydrogen (secondary N) is 1. The average molecular weight is 396 g/mol. The third-order valence-electron chi connectivity index (χ3n) is 5.28. The molecule has 0 bridgehead atoms. The fraction of sp³-hybridized carbons (Fsp3) is 0.381. The summed E-state index contributed by atoms with van der Waals surface area (Å²) in [5, 5.41) is 0. The predicted octanol–water partition coefficient (Wildman–Crippen LogP) is 0.633. The summed E-state index contributed by atoms with van der Waals surface area (Å²) in [6, 6.07) is 9.59. The van der Waals surface area contributed by atoms with Crippen molar-refractivity contribution in [2.75, 3.05) is 39.4 Å². The van der Waals surface area contributed by atoms with Crippen LogP contribution in [0.3, 0.4) is 0 Å². The van der Waals surface area contributed by atoms with E-state index in [2.05, 4.69) is 9.97 Å². The summed E-state index contributed by atoms with van der Waals surface area (Å²) in [6.45, 7) is 5.36. The van der Waals surface area contributed by atoms with Crippen molar-refractivity contribution in [2.45, 2.75) is 6.54 Å². The van der Waals surface area contributed by atoms with Crippen LogP contribution >= 0.6 is 0 Å². The molecule has 1 N–H and O–H groups in total. The Morgan fingerprint density at radius 2 is 2.00 bits per heavy atom. The second-order valence-electron chi connectivity index (χ2n) is 7.19. The molecule has 0 unspecified atom stereocenters. The number of aromatic nitrogens is 3. The zero-order valence-corrected chi connectivity index (χ0v) is 16.6. The van der Waals surface area contributed by atoms with Crippen molar-refractivity contribution in [2.24, 2.45) is 7.05 Å². The summed E-state index contributed by atoms with van der Waals surface area (Å²) < 4.78 is 12.9. The van der Waals surface area contributed by atoms with Crippen LogP contribution in [-0.4, -0.2) is 64.7 Å². The number of quaternary nitrogens is 1. The quantitative estimate of drug-likeness (QED) is 0.634. The Morgan fingerprint density at radius 1 is 1.21 bits per heavy atom. The third-order valence-corrected chi connectivity index (χ3v) is 5.28. The van der Waals surface area contributed by atoms with Crippen LogP contribution in [0.1, 0.15) is 16.3 Å². The number of hydrogen-bond donors (Lipinski definition) is 1. The molecule has 152 valence electrons. The van der Waals surface area contributed by atoms with Gasteiger partial charge in [-0.25, -0.2) is 9.97 Å². The summed E-state index contributed by atoms with van der Waals surface area (Å²) in [6.07, 6.45) is 4.97. The van der Waals surface area contributed by atoms with Gasteiger partial charge in [-0.05, 0) is 0 Å². The van der Waals surface area contributed by atoms with E-state index in [9.17, 15) is 4.79 Å². The molecule has 4 rings (SSSR count). The number of amides is 1. The van der Waals surface area contributed by atoms with E-state index in [4.69, 9.17) is 9.15 Å². The molecule has 1 amide bonds. The number of oxazole rings is 1. The highest BCUT2D eigenvalue weighted by atomic mass is 16.5. The minimum atomic E-state index is -0.145. The molecule has 0 radical (unpaired) electrons. The largest absolute Gasteiger partial charge is 0.443 e. The van der Waals surface area contributed by atoms with E-state index in [0.29, 0.717) is 24.5 Å². The number of nitrogens with zero attached hydrogens (tertiary/aromatic N) is 4. The van der Waals surface area contributed by atoms with Crippen LogP contribution in [0, 0.1) is 0 Å². The first-order valence-electron chi connectivity index (χ1n) is 9.88. The van der Waals surface area contributed by atoms with Gasteiger partial charge >= 0.3 is 0 Å². The van der Waals surface area contributed by atoms with E-state index in [1.54, 1.807) is 6.20 Å². The first-order valence-corrected chi connectivity index (χ1v) is 9.88. The first kappa shape index (κ1) is 19.4. The molecule has 1 aliphatic heterocycles. The number of benzene rings is 1. The van der Waals surface area contributed by atoms with Crippen molar-refractivity contribution in [3.8, 4) is 11.3 Å². The molecule has 29 heavy (non-hydrogen) atoms. The lowest BCUT2D eigenvalue weighted by molar-refractivity contribution is -0.907.